The first kappa shape index (κ1) is 15.8. The zero-order chi connectivity index (χ0) is 15.4. The van der Waals surface area contributed by atoms with Gasteiger partial charge in [-0.05, 0) is 26.0 Å². The molecular formula is C15H23N3O3. The van der Waals surface area contributed by atoms with Gasteiger partial charge < -0.3 is 20.9 Å². The molecule has 1 heterocycles. The Kier molecular flexibility index (Phi) is 5.17. The molecular weight excluding hydrogens is 270 g/mol. The first-order valence-corrected chi connectivity index (χ1v) is 7.16. The monoisotopic (exact) mass is 293 g/mol. The summed E-state index contributed by atoms with van der Waals surface area (Å²) in [6.45, 7) is 4.87. The van der Waals surface area contributed by atoms with Crippen molar-refractivity contribution in [1.29, 1.82) is 0 Å². The fourth-order valence-electron chi connectivity index (χ4n) is 2.49. The highest BCUT2D eigenvalue weighted by Crippen LogP contribution is 2.19. The number of hydrogen-bond donors (Lipinski definition) is 3. The van der Waals surface area contributed by atoms with E-state index in [0.717, 1.165) is 0 Å². The Morgan fingerprint density at radius 2 is 2.29 bits per heavy atom. The number of para-hydroxylation sites is 2. The number of rotatable bonds is 4. The normalized spacial score (nSPS) is 24.5. The lowest BCUT2D eigenvalue weighted by Gasteiger charge is -2.40. The third-order valence-electron chi connectivity index (χ3n) is 3.85. The summed E-state index contributed by atoms with van der Waals surface area (Å²) in [5.74, 6) is -0.113. The fraction of sp³-hybridized carbons (Fsp3) is 0.533. The van der Waals surface area contributed by atoms with Crippen molar-refractivity contribution in [3.63, 3.8) is 0 Å². The molecule has 116 valence electrons. The zero-order valence-electron chi connectivity index (χ0n) is 12.5. The number of anilines is 2. The highest BCUT2D eigenvalue weighted by molar-refractivity contribution is 5.97. The lowest BCUT2D eigenvalue weighted by Crippen LogP contribution is -2.56. The number of morpholine rings is 1. The van der Waals surface area contributed by atoms with Gasteiger partial charge in [-0.3, -0.25) is 9.69 Å². The molecule has 0 saturated carbocycles. The van der Waals surface area contributed by atoms with Gasteiger partial charge in [-0.1, -0.05) is 12.1 Å². The second-order valence-corrected chi connectivity index (χ2v) is 5.44. The minimum absolute atomic E-state index is 0.0385. The predicted octanol–water partition coefficient (Wildman–Crippen LogP) is 0.677. The van der Waals surface area contributed by atoms with Gasteiger partial charge >= 0.3 is 0 Å². The Morgan fingerprint density at radius 3 is 2.95 bits per heavy atom. The standard InChI is InChI=1S/C15H23N3O3/c1-10-9-21-12(8-19)7-18(10)11(2)15(20)17-14-6-4-3-5-13(14)16/h3-6,10-12,19H,7-9,16H2,1-2H3,(H,17,20). The molecule has 0 radical (unpaired) electrons. The van der Waals surface area contributed by atoms with Gasteiger partial charge in [-0.2, -0.15) is 0 Å². The lowest BCUT2D eigenvalue weighted by molar-refractivity contribution is -0.129. The van der Waals surface area contributed by atoms with Gasteiger partial charge in [0.15, 0.2) is 0 Å². The summed E-state index contributed by atoms with van der Waals surface area (Å²) in [6.07, 6.45) is -0.238. The Morgan fingerprint density at radius 1 is 1.57 bits per heavy atom. The van der Waals surface area contributed by atoms with Crippen LogP contribution in [0.25, 0.3) is 0 Å². The average Bonchev–Trinajstić information content (AvgIpc) is 2.49. The minimum Gasteiger partial charge on any atom is -0.397 e. The molecule has 0 aromatic heterocycles. The Bertz CT molecular complexity index is 495. The van der Waals surface area contributed by atoms with Crippen LogP contribution in [-0.4, -0.2) is 53.9 Å². The molecule has 3 atom stereocenters. The van der Waals surface area contributed by atoms with Gasteiger partial charge in [0.05, 0.1) is 36.7 Å². The fourth-order valence-corrected chi connectivity index (χ4v) is 2.49. The summed E-state index contributed by atoms with van der Waals surface area (Å²) in [5.41, 5.74) is 7.00. The van der Waals surface area contributed by atoms with Crippen LogP contribution in [0.15, 0.2) is 24.3 Å². The summed E-state index contributed by atoms with van der Waals surface area (Å²) in [6, 6.07) is 6.98. The molecule has 0 bridgehead atoms. The first-order chi connectivity index (χ1) is 10.0. The Labute approximate surface area is 124 Å². The van der Waals surface area contributed by atoms with Crippen molar-refractivity contribution in [2.75, 3.05) is 30.8 Å². The van der Waals surface area contributed by atoms with Crippen molar-refractivity contribution in [2.45, 2.75) is 32.0 Å². The number of ether oxygens (including phenoxy) is 1. The second-order valence-electron chi connectivity index (χ2n) is 5.44. The molecule has 1 fully saturated rings. The van der Waals surface area contributed by atoms with Gasteiger partial charge in [0, 0.05) is 12.6 Å². The largest absolute Gasteiger partial charge is 0.397 e. The van der Waals surface area contributed by atoms with E-state index in [0.29, 0.717) is 24.5 Å². The van der Waals surface area contributed by atoms with Crippen molar-refractivity contribution in [3.05, 3.63) is 24.3 Å². The number of amides is 1. The maximum absolute atomic E-state index is 12.4. The molecule has 0 spiro atoms. The maximum atomic E-state index is 12.4. The quantitative estimate of drug-likeness (QED) is 0.711. The molecule has 3 unspecified atom stereocenters. The number of nitrogens with zero attached hydrogens (tertiary/aromatic N) is 1. The molecule has 6 nitrogen and oxygen atoms in total. The third kappa shape index (κ3) is 3.72. The van der Waals surface area contributed by atoms with Crippen LogP contribution in [0.4, 0.5) is 11.4 Å². The molecule has 0 aliphatic carbocycles. The van der Waals surface area contributed by atoms with Crippen LogP contribution in [0.3, 0.4) is 0 Å². The van der Waals surface area contributed by atoms with Gasteiger partial charge in [-0.15, -0.1) is 0 Å². The topological polar surface area (TPSA) is 87.8 Å². The number of aliphatic hydroxyl groups excluding tert-OH is 1. The minimum atomic E-state index is -0.322. The van der Waals surface area contributed by atoms with E-state index in [1.165, 1.54) is 0 Å². The van der Waals surface area contributed by atoms with E-state index in [-0.39, 0.29) is 30.7 Å². The van der Waals surface area contributed by atoms with Gasteiger partial charge in [-0.25, -0.2) is 0 Å². The van der Waals surface area contributed by atoms with Crippen molar-refractivity contribution in [2.24, 2.45) is 0 Å². The third-order valence-corrected chi connectivity index (χ3v) is 3.85. The van der Waals surface area contributed by atoms with Gasteiger partial charge in [0.1, 0.15) is 0 Å². The van der Waals surface area contributed by atoms with E-state index in [1.807, 2.05) is 30.9 Å². The Hall–Kier alpha value is -1.63. The molecule has 6 heteroatoms. The van der Waals surface area contributed by atoms with Crippen LogP contribution in [0.2, 0.25) is 0 Å². The van der Waals surface area contributed by atoms with E-state index in [2.05, 4.69) is 5.32 Å². The first-order valence-electron chi connectivity index (χ1n) is 7.16. The molecule has 1 aliphatic rings. The molecule has 1 amide bonds. The molecule has 2 rings (SSSR count). The zero-order valence-corrected chi connectivity index (χ0v) is 12.5. The lowest BCUT2D eigenvalue weighted by atomic mass is 10.1. The highest BCUT2D eigenvalue weighted by Gasteiger charge is 2.32. The summed E-state index contributed by atoms with van der Waals surface area (Å²) in [4.78, 5) is 14.4. The van der Waals surface area contributed by atoms with Gasteiger partial charge in [0.25, 0.3) is 0 Å². The molecule has 1 aliphatic heterocycles. The van der Waals surface area contributed by atoms with E-state index in [1.54, 1.807) is 12.1 Å². The van der Waals surface area contributed by atoms with Crippen LogP contribution < -0.4 is 11.1 Å². The van der Waals surface area contributed by atoms with Crippen LogP contribution >= 0.6 is 0 Å². The number of benzene rings is 1. The summed E-state index contributed by atoms with van der Waals surface area (Å²) in [5, 5.41) is 12.1. The van der Waals surface area contributed by atoms with E-state index >= 15 is 0 Å². The Balaban J connectivity index is 2.03. The van der Waals surface area contributed by atoms with Crippen molar-refractivity contribution < 1.29 is 14.6 Å². The van der Waals surface area contributed by atoms with Crippen LogP contribution in [-0.2, 0) is 9.53 Å². The summed E-state index contributed by atoms with van der Waals surface area (Å²) >= 11 is 0. The molecule has 1 aromatic carbocycles. The number of carbonyl (C=O) groups excluding carboxylic acids is 1. The number of aliphatic hydroxyl groups is 1. The average molecular weight is 293 g/mol. The highest BCUT2D eigenvalue weighted by atomic mass is 16.5. The molecule has 1 saturated heterocycles. The maximum Gasteiger partial charge on any atom is 0.241 e. The SMILES string of the molecule is CC1COC(CO)CN1C(C)C(=O)Nc1ccccc1N. The summed E-state index contributed by atoms with van der Waals surface area (Å²) in [7, 11) is 0. The van der Waals surface area contributed by atoms with Crippen molar-refractivity contribution in [1.82, 2.24) is 4.90 Å². The van der Waals surface area contributed by atoms with E-state index in [9.17, 15) is 9.90 Å². The second kappa shape index (κ2) is 6.89. The number of hydrogen-bond acceptors (Lipinski definition) is 5. The number of carbonyl (C=O) groups is 1. The van der Waals surface area contributed by atoms with Gasteiger partial charge in [0.2, 0.25) is 5.91 Å². The van der Waals surface area contributed by atoms with E-state index < -0.39 is 0 Å². The van der Waals surface area contributed by atoms with Crippen LogP contribution in [0.5, 0.6) is 0 Å². The van der Waals surface area contributed by atoms with Crippen molar-refractivity contribution >= 4 is 17.3 Å². The van der Waals surface area contributed by atoms with Crippen LogP contribution in [0.1, 0.15) is 13.8 Å². The van der Waals surface area contributed by atoms with Crippen LogP contribution in [0, 0.1) is 0 Å². The van der Waals surface area contributed by atoms with Crippen molar-refractivity contribution in [3.8, 4) is 0 Å². The van der Waals surface area contributed by atoms with E-state index in [4.69, 9.17) is 10.5 Å². The smallest absolute Gasteiger partial charge is 0.241 e. The number of nitrogens with one attached hydrogen (secondary N) is 1. The predicted molar refractivity (Wildman–Crippen MR) is 81.9 cm³/mol. The number of nitrogens with two attached hydrogens (primary N) is 1. The molecule has 21 heavy (non-hydrogen) atoms. The molecule has 1 aromatic rings. The summed E-state index contributed by atoms with van der Waals surface area (Å²) < 4.78 is 5.49. The number of nitrogen functional groups attached to an aromatic ring is 1. The molecule has 4 N–H and O–H groups in total.